The van der Waals surface area contributed by atoms with Crippen molar-refractivity contribution in [2.24, 2.45) is 11.5 Å². The zero-order chi connectivity index (χ0) is 12.2. The van der Waals surface area contributed by atoms with Crippen LogP contribution in [-0.4, -0.2) is 70.8 Å². The first-order valence-corrected chi connectivity index (χ1v) is 7.22. The van der Waals surface area contributed by atoms with Crippen LogP contribution < -0.4 is 11.5 Å². The third-order valence-electron chi connectivity index (χ3n) is 2.16. The molecule has 0 aliphatic carbocycles. The van der Waals surface area contributed by atoms with Gasteiger partial charge in [0.25, 0.3) is 0 Å². The predicted molar refractivity (Wildman–Crippen MR) is 73.6 cm³/mol. The second-order valence-corrected chi connectivity index (χ2v) is 4.77. The summed E-state index contributed by atoms with van der Waals surface area (Å²) < 4.78 is 21.3. The molecule has 0 saturated heterocycles. The molecule has 0 aromatic heterocycles. The van der Waals surface area contributed by atoms with Crippen molar-refractivity contribution in [1.82, 2.24) is 0 Å². The average Bonchev–Trinajstić information content (AvgIpc) is 2.25. The van der Waals surface area contributed by atoms with Gasteiger partial charge in [0.05, 0.1) is 6.61 Å². The Kier molecular flexibility index (Phi) is 19.5. The summed E-state index contributed by atoms with van der Waals surface area (Å²) >= 11 is 0. The summed E-state index contributed by atoms with van der Waals surface area (Å²) in [5, 5.41) is 0. The van der Waals surface area contributed by atoms with E-state index in [4.69, 9.17) is 20.5 Å². The van der Waals surface area contributed by atoms with Gasteiger partial charge >= 0.3 is 59.6 Å². The molecular formula is C10H26KN2O3P. The van der Waals surface area contributed by atoms with Gasteiger partial charge in [-0.25, -0.2) is 0 Å². The van der Waals surface area contributed by atoms with E-state index in [1.807, 2.05) is 6.92 Å². The van der Waals surface area contributed by atoms with Gasteiger partial charge in [0.2, 0.25) is 0 Å². The summed E-state index contributed by atoms with van der Waals surface area (Å²) in [5.74, 6) is 0. The Balaban J connectivity index is 0. The third kappa shape index (κ3) is 15.7. The Morgan fingerprint density at radius 1 is 1.24 bits per heavy atom. The summed E-state index contributed by atoms with van der Waals surface area (Å²) in [5.41, 5.74) is 11.0. The third-order valence-corrected chi connectivity index (χ3v) is 3.09. The van der Waals surface area contributed by atoms with Crippen molar-refractivity contribution in [3.8, 4) is 0 Å². The molecule has 2 atom stereocenters. The maximum absolute atomic E-state index is 11.3. The average molecular weight is 292 g/mol. The molecular weight excluding hydrogens is 266 g/mol. The molecule has 2 unspecified atom stereocenters. The minimum atomic E-state index is -2.40. The molecule has 17 heavy (non-hydrogen) atoms. The molecule has 0 aliphatic heterocycles. The first-order chi connectivity index (χ1) is 7.70. The van der Waals surface area contributed by atoms with Crippen LogP contribution in [0, 0.1) is 0 Å². The summed E-state index contributed by atoms with van der Waals surface area (Å²) in [6.07, 6.45) is 5.10. The fourth-order valence-corrected chi connectivity index (χ4v) is 1.93. The Bertz CT molecular complexity index is 187. The van der Waals surface area contributed by atoms with E-state index in [0.29, 0.717) is 19.6 Å². The number of unbranched alkanes of at least 4 members (excludes halogenated alkanes) is 3. The van der Waals surface area contributed by atoms with Gasteiger partial charge in [-0.3, -0.25) is 9.09 Å². The summed E-state index contributed by atoms with van der Waals surface area (Å²) in [6, 6.07) is 0. The van der Waals surface area contributed by atoms with E-state index in [1.165, 1.54) is 0 Å². The van der Waals surface area contributed by atoms with Crippen molar-refractivity contribution < 1.29 is 13.6 Å². The molecule has 100 valence electrons. The number of hydrogen-bond donors (Lipinski definition) is 2. The van der Waals surface area contributed by atoms with E-state index in [0.717, 1.165) is 32.1 Å². The Labute approximate surface area is 148 Å². The van der Waals surface area contributed by atoms with E-state index in [1.54, 1.807) is 0 Å². The summed E-state index contributed by atoms with van der Waals surface area (Å²) in [7, 11) is -2.40. The van der Waals surface area contributed by atoms with Crippen LogP contribution >= 0.6 is 8.25 Å². The molecule has 0 spiro atoms. The molecule has 0 saturated carbocycles. The molecule has 0 heterocycles. The first-order valence-electron chi connectivity index (χ1n) is 5.99. The van der Waals surface area contributed by atoms with E-state index < -0.39 is 14.5 Å². The van der Waals surface area contributed by atoms with Crippen molar-refractivity contribution in [2.45, 2.75) is 51.7 Å². The topological polar surface area (TPSA) is 87.6 Å². The van der Waals surface area contributed by atoms with Gasteiger partial charge in [-0.15, -0.1) is 0 Å². The molecule has 7 heteroatoms. The molecule has 0 bridgehead atoms. The van der Waals surface area contributed by atoms with E-state index in [-0.39, 0.29) is 51.4 Å². The standard InChI is InChI=1S/C10H25N2O3P.K.H/c1-2-3-9-14-16(13)15-10(12)7-5-4-6-8-11;;/h10,16H,2-9,11-12H2,1H3;;. The second-order valence-electron chi connectivity index (χ2n) is 3.75. The van der Waals surface area contributed by atoms with Gasteiger partial charge in [0.15, 0.2) is 0 Å². The van der Waals surface area contributed by atoms with Crippen LogP contribution in [0.5, 0.6) is 0 Å². The van der Waals surface area contributed by atoms with Gasteiger partial charge in [-0.1, -0.05) is 19.8 Å². The number of rotatable bonds is 11. The fraction of sp³-hybridized carbons (Fsp3) is 1.00. The molecule has 0 rings (SSSR count). The SMILES string of the molecule is CCCCO[PH](=O)OC(N)CCCCCN.[KH]. The fourth-order valence-electron chi connectivity index (χ4n) is 1.18. The monoisotopic (exact) mass is 292 g/mol. The van der Waals surface area contributed by atoms with Gasteiger partial charge in [-0.2, -0.15) is 0 Å². The Hall–Kier alpha value is 1.71. The number of hydrogen-bond acceptors (Lipinski definition) is 5. The summed E-state index contributed by atoms with van der Waals surface area (Å²) in [4.78, 5) is 0. The van der Waals surface area contributed by atoms with Crippen LogP contribution in [0.15, 0.2) is 0 Å². The van der Waals surface area contributed by atoms with Crippen LogP contribution in [0.4, 0.5) is 0 Å². The molecule has 5 nitrogen and oxygen atoms in total. The van der Waals surface area contributed by atoms with Crippen molar-refractivity contribution in [2.75, 3.05) is 13.2 Å². The zero-order valence-electron chi connectivity index (χ0n) is 10.1. The molecule has 4 N–H and O–H groups in total. The van der Waals surface area contributed by atoms with Crippen LogP contribution in [-0.2, 0) is 13.6 Å². The van der Waals surface area contributed by atoms with Crippen molar-refractivity contribution in [3.63, 3.8) is 0 Å². The Morgan fingerprint density at radius 2 is 1.94 bits per heavy atom. The second kappa shape index (κ2) is 15.8. The quantitative estimate of drug-likeness (QED) is 0.260. The van der Waals surface area contributed by atoms with E-state index in [2.05, 4.69) is 0 Å². The predicted octanol–water partition coefficient (Wildman–Crippen LogP) is 1.36. The van der Waals surface area contributed by atoms with E-state index in [9.17, 15) is 4.57 Å². The molecule has 0 aromatic rings. The molecule has 0 aliphatic rings. The number of nitrogens with two attached hydrogens (primary N) is 2. The van der Waals surface area contributed by atoms with E-state index >= 15 is 0 Å². The Morgan fingerprint density at radius 3 is 2.53 bits per heavy atom. The van der Waals surface area contributed by atoms with Gasteiger partial charge in [0.1, 0.15) is 6.23 Å². The zero-order valence-corrected chi connectivity index (χ0v) is 11.1. The van der Waals surface area contributed by atoms with Crippen LogP contribution in [0.2, 0.25) is 0 Å². The van der Waals surface area contributed by atoms with Crippen molar-refractivity contribution >= 4 is 59.6 Å². The van der Waals surface area contributed by atoms with Crippen molar-refractivity contribution in [3.05, 3.63) is 0 Å². The van der Waals surface area contributed by atoms with Crippen LogP contribution in [0.25, 0.3) is 0 Å². The van der Waals surface area contributed by atoms with Crippen LogP contribution in [0.1, 0.15) is 45.4 Å². The maximum atomic E-state index is 11.3. The van der Waals surface area contributed by atoms with Gasteiger partial charge in [0, 0.05) is 0 Å². The first kappa shape index (κ1) is 21.0. The summed E-state index contributed by atoms with van der Waals surface area (Å²) in [6.45, 7) is 3.23. The minimum absolute atomic E-state index is 0. The van der Waals surface area contributed by atoms with Gasteiger partial charge in [-0.05, 0) is 32.2 Å². The normalized spacial score (nSPS) is 14.1. The molecule has 0 amide bonds. The molecule has 0 aromatic carbocycles. The van der Waals surface area contributed by atoms with Crippen molar-refractivity contribution in [1.29, 1.82) is 0 Å². The molecule has 0 radical (unpaired) electrons. The van der Waals surface area contributed by atoms with Crippen LogP contribution in [0.3, 0.4) is 0 Å². The molecule has 0 fully saturated rings. The van der Waals surface area contributed by atoms with Gasteiger partial charge < -0.3 is 16.0 Å².